The van der Waals surface area contributed by atoms with Crippen molar-refractivity contribution in [3.05, 3.63) is 29.7 Å². The van der Waals surface area contributed by atoms with Gasteiger partial charge in [0.25, 0.3) is 5.91 Å². The van der Waals surface area contributed by atoms with Gasteiger partial charge in [-0.1, -0.05) is 0 Å². The first kappa shape index (κ1) is 14.8. The normalized spacial score (nSPS) is 10.6. The van der Waals surface area contributed by atoms with E-state index in [0.717, 1.165) is 4.90 Å². The van der Waals surface area contributed by atoms with Gasteiger partial charge in [0.15, 0.2) is 0 Å². The lowest BCUT2D eigenvalue weighted by molar-refractivity contribution is -0.137. The zero-order valence-corrected chi connectivity index (χ0v) is 11.6. The van der Waals surface area contributed by atoms with Crippen LogP contribution in [0.15, 0.2) is 18.2 Å². The van der Waals surface area contributed by atoms with Crippen LogP contribution in [0, 0.1) is 5.82 Å². The maximum Gasteiger partial charge on any atom is 0.323 e. The number of hydrogen-bond donors (Lipinski definition) is 2. The number of aromatic amines is 1. The zero-order valence-electron chi connectivity index (χ0n) is 11.6. The highest BCUT2D eigenvalue weighted by molar-refractivity contribution is 6.00. The van der Waals surface area contributed by atoms with Gasteiger partial charge in [0.1, 0.15) is 23.8 Å². The van der Waals surface area contributed by atoms with E-state index in [9.17, 15) is 14.0 Å². The Hall–Kier alpha value is -2.57. The number of rotatable bonds is 5. The van der Waals surface area contributed by atoms with Crippen LogP contribution >= 0.6 is 0 Å². The highest BCUT2D eigenvalue weighted by atomic mass is 19.1. The number of methoxy groups -OCH3 is 1. The second kappa shape index (κ2) is 5.82. The molecule has 6 nitrogen and oxygen atoms in total. The standard InChI is InChI=1S/C14H15FN2O4/c1-3-17(7-12(18)19)14(20)10-6-8-11(21-2)5-4-9(15)13(8)16-10/h4-6,16H,3,7H2,1-2H3,(H,18,19). The number of halogens is 1. The Morgan fingerprint density at radius 3 is 2.71 bits per heavy atom. The summed E-state index contributed by atoms with van der Waals surface area (Å²) in [5.41, 5.74) is 0.278. The topological polar surface area (TPSA) is 82.6 Å². The lowest BCUT2D eigenvalue weighted by atomic mass is 10.2. The van der Waals surface area contributed by atoms with Crippen molar-refractivity contribution in [2.24, 2.45) is 0 Å². The van der Waals surface area contributed by atoms with Crippen LogP contribution in [0.1, 0.15) is 17.4 Å². The Kier molecular flexibility index (Phi) is 4.11. The van der Waals surface area contributed by atoms with Gasteiger partial charge in [-0.2, -0.15) is 0 Å². The maximum atomic E-state index is 13.8. The predicted octanol–water partition coefficient (Wildman–Crippen LogP) is 1.86. The van der Waals surface area contributed by atoms with Crippen LogP contribution in [0.5, 0.6) is 5.75 Å². The molecule has 0 saturated heterocycles. The van der Waals surface area contributed by atoms with Crippen molar-refractivity contribution in [2.45, 2.75) is 6.92 Å². The first-order valence-corrected chi connectivity index (χ1v) is 6.34. The van der Waals surface area contributed by atoms with Crippen molar-refractivity contribution in [3.8, 4) is 5.75 Å². The van der Waals surface area contributed by atoms with Gasteiger partial charge in [-0.3, -0.25) is 9.59 Å². The van der Waals surface area contributed by atoms with Crippen LogP contribution in [0.25, 0.3) is 10.9 Å². The van der Waals surface area contributed by atoms with Crippen molar-refractivity contribution < 1.29 is 23.8 Å². The number of carboxylic acid groups (broad SMARTS) is 1. The minimum atomic E-state index is -1.11. The second-order valence-corrected chi connectivity index (χ2v) is 4.43. The Morgan fingerprint density at radius 1 is 1.43 bits per heavy atom. The summed E-state index contributed by atoms with van der Waals surface area (Å²) in [4.78, 5) is 26.8. The molecule has 2 rings (SSSR count). The minimum absolute atomic E-state index is 0.122. The molecular weight excluding hydrogens is 279 g/mol. The van der Waals surface area contributed by atoms with Crippen molar-refractivity contribution >= 4 is 22.8 Å². The molecule has 0 radical (unpaired) electrons. The highest BCUT2D eigenvalue weighted by Crippen LogP contribution is 2.28. The number of hydrogen-bond acceptors (Lipinski definition) is 3. The van der Waals surface area contributed by atoms with Gasteiger partial charge >= 0.3 is 5.97 Å². The summed E-state index contributed by atoms with van der Waals surface area (Å²) in [6.45, 7) is 1.50. The smallest absolute Gasteiger partial charge is 0.323 e. The van der Waals surface area contributed by atoms with E-state index in [0.29, 0.717) is 11.1 Å². The monoisotopic (exact) mass is 294 g/mol. The number of benzene rings is 1. The molecule has 2 N–H and O–H groups in total. The number of aromatic nitrogens is 1. The molecule has 0 unspecified atom stereocenters. The fourth-order valence-electron chi connectivity index (χ4n) is 2.11. The van der Waals surface area contributed by atoms with Gasteiger partial charge in [-0.05, 0) is 25.1 Å². The number of amides is 1. The number of nitrogens with zero attached hydrogens (tertiary/aromatic N) is 1. The van der Waals surface area contributed by atoms with Crippen LogP contribution in [0.4, 0.5) is 4.39 Å². The minimum Gasteiger partial charge on any atom is -0.496 e. The maximum absolute atomic E-state index is 13.8. The average Bonchev–Trinajstić information content (AvgIpc) is 2.90. The molecular formula is C14H15FN2O4. The van der Waals surface area contributed by atoms with E-state index in [-0.39, 0.29) is 17.8 Å². The molecule has 0 aliphatic carbocycles. The van der Waals surface area contributed by atoms with Gasteiger partial charge in [0.2, 0.25) is 0 Å². The molecule has 1 heterocycles. The number of carbonyl (C=O) groups excluding carboxylic acids is 1. The average molecular weight is 294 g/mol. The Labute approximate surface area is 120 Å². The number of ether oxygens (including phenoxy) is 1. The van der Waals surface area contributed by atoms with Crippen molar-refractivity contribution in [2.75, 3.05) is 20.2 Å². The van der Waals surface area contributed by atoms with Crippen LogP contribution in [-0.2, 0) is 4.79 Å². The molecule has 21 heavy (non-hydrogen) atoms. The van der Waals surface area contributed by atoms with Gasteiger partial charge in [0, 0.05) is 11.9 Å². The molecule has 0 saturated carbocycles. The number of carboxylic acids is 1. The van der Waals surface area contributed by atoms with Crippen molar-refractivity contribution in [1.29, 1.82) is 0 Å². The van der Waals surface area contributed by atoms with E-state index >= 15 is 0 Å². The van der Waals surface area contributed by atoms with E-state index < -0.39 is 24.2 Å². The van der Waals surface area contributed by atoms with Gasteiger partial charge in [-0.25, -0.2) is 4.39 Å². The van der Waals surface area contributed by atoms with Gasteiger partial charge < -0.3 is 19.7 Å². The number of nitrogens with one attached hydrogen (secondary N) is 1. The summed E-state index contributed by atoms with van der Waals surface area (Å²) >= 11 is 0. The SMILES string of the molecule is CCN(CC(=O)O)C(=O)c1cc2c(OC)ccc(F)c2[nH]1. The summed E-state index contributed by atoms with van der Waals surface area (Å²) < 4.78 is 18.9. The third-order valence-electron chi connectivity index (χ3n) is 3.15. The molecule has 0 bridgehead atoms. The lowest BCUT2D eigenvalue weighted by Crippen LogP contribution is -2.35. The van der Waals surface area contributed by atoms with Crippen LogP contribution in [0.3, 0.4) is 0 Å². The number of carbonyl (C=O) groups is 2. The number of H-pyrrole nitrogens is 1. The molecule has 2 aromatic rings. The fourth-order valence-corrected chi connectivity index (χ4v) is 2.11. The molecule has 0 atom stereocenters. The van der Waals surface area contributed by atoms with E-state index in [1.54, 1.807) is 6.92 Å². The summed E-state index contributed by atoms with van der Waals surface area (Å²) in [6.07, 6.45) is 0. The first-order valence-electron chi connectivity index (χ1n) is 6.34. The first-order chi connectivity index (χ1) is 9.97. The Morgan fingerprint density at radius 2 is 2.14 bits per heavy atom. The number of likely N-dealkylation sites (N-methyl/N-ethyl adjacent to an activating group) is 1. The summed E-state index contributed by atoms with van der Waals surface area (Å²) in [7, 11) is 1.45. The third kappa shape index (κ3) is 2.81. The highest BCUT2D eigenvalue weighted by Gasteiger charge is 2.20. The van der Waals surface area contributed by atoms with Gasteiger partial charge in [0.05, 0.1) is 12.6 Å². The molecule has 112 valence electrons. The molecule has 0 aliphatic rings. The largest absolute Gasteiger partial charge is 0.496 e. The summed E-state index contributed by atoms with van der Waals surface area (Å²) in [5, 5.41) is 9.23. The molecule has 0 aliphatic heterocycles. The summed E-state index contributed by atoms with van der Waals surface area (Å²) in [5.74, 6) is -1.68. The molecule has 0 fully saturated rings. The van der Waals surface area contributed by atoms with E-state index in [1.165, 1.54) is 25.3 Å². The number of fused-ring (bicyclic) bond motifs is 1. The summed E-state index contributed by atoms with van der Waals surface area (Å²) in [6, 6.07) is 4.17. The van der Waals surface area contributed by atoms with Crippen molar-refractivity contribution in [3.63, 3.8) is 0 Å². The predicted molar refractivity (Wildman–Crippen MR) is 74.0 cm³/mol. The fraction of sp³-hybridized carbons (Fsp3) is 0.286. The Bertz CT molecular complexity index is 696. The molecule has 1 aromatic heterocycles. The zero-order chi connectivity index (χ0) is 15.6. The second-order valence-electron chi connectivity index (χ2n) is 4.43. The molecule has 0 spiro atoms. The quantitative estimate of drug-likeness (QED) is 0.881. The number of aliphatic carboxylic acids is 1. The van der Waals surface area contributed by atoms with Crippen LogP contribution in [0.2, 0.25) is 0 Å². The third-order valence-corrected chi connectivity index (χ3v) is 3.15. The molecule has 1 aromatic carbocycles. The molecule has 7 heteroatoms. The van der Waals surface area contributed by atoms with Gasteiger partial charge in [-0.15, -0.1) is 0 Å². The van der Waals surface area contributed by atoms with Crippen LogP contribution in [-0.4, -0.2) is 47.1 Å². The lowest BCUT2D eigenvalue weighted by Gasteiger charge is -2.17. The molecule has 1 amide bonds. The van der Waals surface area contributed by atoms with E-state index in [4.69, 9.17) is 9.84 Å². The Balaban J connectivity index is 2.44. The van der Waals surface area contributed by atoms with Crippen molar-refractivity contribution in [1.82, 2.24) is 9.88 Å². The van der Waals surface area contributed by atoms with Crippen LogP contribution < -0.4 is 4.74 Å². The van der Waals surface area contributed by atoms with E-state index in [2.05, 4.69) is 4.98 Å². The van der Waals surface area contributed by atoms with E-state index in [1.807, 2.05) is 0 Å².